The molecule has 0 aliphatic carbocycles. The molecule has 0 aliphatic heterocycles. The number of hydrogen-bond acceptors (Lipinski definition) is 2. The van der Waals surface area contributed by atoms with Gasteiger partial charge in [0.15, 0.2) is 0 Å². The molecule has 2 aromatic carbocycles. The molecule has 0 radical (unpaired) electrons. The second kappa shape index (κ2) is 6.32. The maximum absolute atomic E-state index is 11.9. The fourth-order valence-electron chi connectivity index (χ4n) is 1.98. The van der Waals surface area contributed by atoms with E-state index in [0.717, 1.165) is 5.56 Å². The molecule has 0 bridgehead atoms. The summed E-state index contributed by atoms with van der Waals surface area (Å²) in [4.78, 5) is 0. The topological polar surface area (TPSA) is 40.9 Å². The van der Waals surface area contributed by atoms with Gasteiger partial charge < -0.3 is 0 Å². The molecule has 0 aromatic heterocycles. The smallest absolute Gasteiger partial charge is 0.0622 e. The average Bonchev–Trinajstić information content (AvgIpc) is 2.39. The summed E-state index contributed by atoms with van der Waals surface area (Å²) in [5.74, 6) is 1.18. The van der Waals surface area contributed by atoms with Crippen molar-refractivity contribution in [3.8, 4) is 6.07 Å². The third kappa shape index (κ3) is 3.18. The maximum Gasteiger partial charge on any atom is 0.0622 e. The van der Waals surface area contributed by atoms with E-state index in [1.54, 1.807) is 0 Å². The van der Waals surface area contributed by atoms with Crippen molar-refractivity contribution < 1.29 is 4.21 Å². The van der Waals surface area contributed by atoms with Gasteiger partial charge in [-0.05, 0) is 22.8 Å². The molecule has 1 atom stereocenters. The second-order valence-electron chi connectivity index (χ2n) is 4.19. The van der Waals surface area contributed by atoms with Crippen LogP contribution in [0, 0.1) is 11.3 Å². The summed E-state index contributed by atoms with van der Waals surface area (Å²) >= 11 is 0. The Morgan fingerprint density at radius 1 is 1.11 bits per heavy atom. The highest BCUT2D eigenvalue weighted by Gasteiger charge is 2.05. The summed E-state index contributed by atoms with van der Waals surface area (Å²) in [6.07, 6.45) is 1.20. The van der Waals surface area contributed by atoms with Crippen molar-refractivity contribution in [2.45, 2.75) is 18.6 Å². The number of fused-ring (bicyclic) bond motifs is 1. The SMILES string of the molecule is N#CCCC[S@@](=O)Cc1cccc2ccccc12. The zero-order chi connectivity index (χ0) is 12.8. The van der Waals surface area contributed by atoms with Crippen molar-refractivity contribution >= 4 is 21.6 Å². The summed E-state index contributed by atoms with van der Waals surface area (Å²) in [7, 11) is -0.880. The summed E-state index contributed by atoms with van der Waals surface area (Å²) < 4.78 is 11.9. The standard InChI is InChI=1S/C15H15NOS/c16-10-3-4-11-18(17)12-14-8-5-7-13-6-1-2-9-15(13)14/h1-2,5-9H,3-4,11-12H2/t18-/m1/s1. The molecule has 92 valence electrons. The van der Waals surface area contributed by atoms with Crippen molar-refractivity contribution in [1.82, 2.24) is 0 Å². The Hall–Kier alpha value is -1.66. The highest BCUT2D eigenvalue weighted by molar-refractivity contribution is 7.84. The molecule has 0 saturated carbocycles. The molecule has 0 amide bonds. The minimum absolute atomic E-state index is 0.487. The van der Waals surface area contributed by atoms with Crippen LogP contribution in [-0.2, 0) is 16.6 Å². The van der Waals surface area contributed by atoms with Crippen LogP contribution < -0.4 is 0 Å². The molecule has 0 heterocycles. The van der Waals surface area contributed by atoms with Crippen LogP contribution in [0.1, 0.15) is 18.4 Å². The second-order valence-corrected chi connectivity index (χ2v) is 5.76. The van der Waals surface area contributed by atoms with Gasteiger partial charge in [0.25, 0.3) is 0 Å². The zero-order valence-electron chi connectivity index (χ0n) is 10.1. The molecule has 18 heavy (non-hydrogen) atoms. The fraction of sp³-hybridized carbons (Fsp3) is 0.267. The quantitative estimate of drug-likeness (QED) is 0.770. The molecule has 0 aliphatic rings. The Bertz CT molecular complexity index is 595. The van der Waals surface area contributed by atoms with Gasteiger partial charge >= 0.3 is 0 Å². The van der Waals surface area contributed by atoms with E-state index in [9.17, 15) is 4.21 Å². The average molecular weight is 257 g/mol. The molecule has 0 fully saturated rings. The van der Waals surface area contributed by atoms with Crippen molar-refractivity contribution in [3.05, 3.63) is 48.0 Å². The van der Waals surface area contributed by atoms with Crippen molar-refractivity contribution in [2.75, 3.05) is 5.75 Å². The van der Waals surface area contributed by atoms with Crippen LogP contribution in [0.25, 0.3) is 10.8 Å². The summed E-state index contributed by atoms with van der Waals surface area (Å²) in [6, 6.07) is 16.3. The third-order valence-electron chi connectivity index (χ3n) is 2.86. The van der Waals surface area contributed by atoms with Crippen LogP contribution in [0.5, 0.6) is 0 Å². The molecule has 0 N–H and O–H groups in total. The lowest BCUT2D eigenvalue weighted by Crippen LogP contribution is -2.01. The lowest BCUT2D eigenvalue weighted by molar-refractivity contribution is 0.680. The number of benzene rings is 2. The van der Waals surface area contributed by atoms with Crippen molar-refractivity contribution in [2.24, 2.45) is 0 Å². The Balaban J connectivity index is 2.12. The fourth-order valence-corrected chi connectivity index (χ4v) is 3.19. The molecular formula is C15H15NOS. The van der Waals surface area contributed by atoms with Gasteiger partial charge in [0.1, 0.15) is 0 Å². The van der Waals surface area contributed by atoms with E-state index >= 15 is 0 Å². The highest BCUT2D eigenvalue weighted by Crippen LogP contribution is 2.19. The van der Waals surface area contributed by atoms with E-state index in [2.05, 4.69) is 24.3 Å². The van der Waals surface area contributed by atoms with Gasteiger partial charge in [0.2, 0.25) is 0 Å². The normalized spacial score (nSPS) is 12.2. The minimum Gasteiger partial charge on any atom is -0.259 e. The number of hydrogen-bond donors (Lipinski definition) is 0. The molecule has 0 saturated heterocycles. The van der Waals surface area contributed by atoms with Gasteiger partial charge in [0, 0.05) is 28.7 Å². The first-order valence-electron chi connectivity index (χ1n) is 6.00. The van der Waals surface area contributed by atoms with Crippen molar-refractivity contribution in [3.63, 3.8) is 0 Å². The number of nitrogens with zero attached hydrogens (tertiary/aromatic N) is 1. The van der Waals surface area contributed by atoms with E-state index in [4.69, 9.17) is 5.26 Å². The van der Waals surface area contributed by atoms with Gasteiger partial charge in [-0.1, -0.05) is 42.5 Å². The first-order valence-corrected chi connectivity index (χ1v) is 7.48. The maximum atomic E-state index is 11.9. The van der Waals surface area contributed by atoms with E-state index in [1.165, 1.54) is 10.8 Å². The van der Waals surface area contributed by atoms with Crippen LogP contribution in [0.3, 0.4) is 0 Å². The highest BCUT2D eigenvalue weighted by atomic mass is 32.2. The Morgan fingerprint density at radius 2 is 1.89 bits per heavy atom. The first-order chi connectivity index (χ1) is 8.81. The lowest BCUT2D eigenvalue weighted by Gasteiger charge is -2.06. The molecule has 2 nitrogen and oxygen atoms in total. The van der Waals surface area contributed by atoms with Gasteiger partial charge in [-0.25, -0.2) is 0 Å². The number of rotatable bonds is 5. The summed E-state index contributed by atoms with van der Waals surface area (Å²) in [6.45, 7) is 0. The summed E-state index contributed by atoms with van der Waals surface area (Å²) in [5.41, 5.74) is 1.13. The van der Waals surface area contributed by atoms with E-state index in [0.29, 0.717) is 24.3 Å². The zero-order valence-corrected chi connectivity index (χ0v) is 11.0. The predicted molar refractivity (Wildman–Crippen MR) is 75.5 cm³/mol. The van der Waals surface area contributed by atoms with Crippen LogP contribution >= 0.6 is 0 Å². The van der Waals surface area contributed by atoms with Crippen LogP contribution in [0.2, 0.25) is 0 Å². The van der Waals surface area contributed by atoms with Crippen LogP contribution in [0.4, 0.5) is 0 Å². The van der Waals surface area contributed by atoms with E-state index in [-0.39, 0.29) is 0 Å². The Morgan fingerprint density at radius 3 is 2.72 bits per heavy atom. The van der Waals surface area contributed by atoms with Crippen LogP contribution in [-0.4, -0.2) is 9.96 Å². The largest absolute Gasteiger partial charge is 0.259 e. The summed E-state index contributed by atoms with van der Waals surface area (Å²) in [5, 5.41) is 10.8. The van der Waals surface area contributed by atoms with E-state index in [1.807, 2.05) is 24.3 Å². The van der Waals surface area contributed by atoms with Gasteiger partial charge in [-0.3, -0.25) is 4.21 Å². The molecule has 2 rings (SSSR count). The van der Waals surface area contributed by atoms with Crippen LogP contribution in [0.15, 0.2) is 42.5 Å². The monoisotopic (exact) mass is 257 g/mol. The molecule has 0 unspecified atom stereocenters. The van der Waals surface area contributed by atoms with Crippen molar-refractivity contribution in [1.29, 1.82) is 5.26 Å². The Kier molecular flexibility index (Phi) is 4.49. The molecular weight excluding hydrogens is 242 g/mol. The molecule has 3 heteroatoms. The molecule has 0 spiro atoms. The van der Waals surface area contributed by atoms with Gasteiger partial charge in [0.05, 0.1) is 6.07 Å². The minimum atomic E-state index is -0.880. The van der Waals surface area contributed by atoms with Gasteiger partial charge in [-0.2, -0.15) is 5.26 Å². The number of unbranched alkanes of at least 4 members (excludes halogenated alkanes) is 1. The number of nitriles is 1. The molecule has 2 aromatic rings. The lowest BCUT2D eigenvalue weighted by atomic mass is 10.1. The predicted octanol–water partition coefficient (Wildman–Crippen LogP) is 3.39. The third-order valence-corrected chi connectivity index (χ3v) is 4.23. The first kappa shape index (κ1) is 12.8. The van der Waals surface area contributed by atoms with Gasteiger partial charge in [-0.15, -0.1) is 0 Å². The van der Waals surface area contributed by atoms with E-state index < -0.39 is 10.8 Å². The Labute approximate surface area is 110 Å².